The third-order valence-corrected chi connectivity index (χ3v) is 2.81. The summed E-state index contributed by atoms with van der Waals surface area (Å²) in [6.45, 7) is 3.96. The molecule has 0 amide bonds. The van der Waals surface area contributed by atoms with E-state index in [-0.39, 0.29) is 0 Å². The molecular formula is C8H14OS. The molecule has 0 aromatic carbocycles. The maximum Gasteiger partial charge on any atom is 0.0503 e. The minimum atomic E-state index is 0.718. The van der Waals surface area contributed by atoms with Gasteiger partial charge in [0, 0.05) is 5.25 Å². The van der Waals surface area contributed by atoms with Crippen LogP contribution >= 0.6 is 12.0 Å². The Bertz CT molecular complexity index is 112. The van der Waals surface area contributed by atoms with Gasteiger partial charge in [0.05, 0.1) is 7.11 Å². The molecule has 0 heterocycles. The van der Waals surface area contributed by atoms with Gasteiger partial charge in [-0.2, -0.15) is 0 Å². The van der Waals surface area contributed by atoms with Gasteiger partial charge in [0.2, 0.25) is 0 Å². The van der Waals surface area contributed by atoms with Gasteiger partial charge >= 0.3 is 0 Å². The van der Waals surface area contributed by atoms with Crippen LogP contribution in [0.25, 0.3) is 0 Å². The summed E-state index contributed by atoms with van der Waals surface area (Å²) in [5.74, 6) is 0. The highest BCUT2D eigenvalue weighted by Crippen LogP contribution is 2.30. The molecule has 1 aliphatic rings. The van der Waals surface area contributed by atoms with Crippen LogP contribution < -0.4 is 0 Å². The molecule has 0 radical (unpaired) electrons. The lowest BCUT2D eigenvalue weighted by Crippen LogP contribution is -2.09. The van der Waals surface area contributed by atoms with E-state index in [0.717, 1.165) is 5.25 Å². The van der Waals surface area contributed by atoms with Crippen molar-refractivity contribution in [3.63, 3.8) is 0 Å². The van der Waals surface area contributed by atoms with Crippen molar-refractivity contribution < 1.29 is 4.18 Å². The molecule has 1 aliphatic carbocycles. The van der Waals surface area contributed by atoms with Crippen LogP contribution in [0.4, 0.5) is 0 Å². The fourth-order valence-corrected chi connectivity index (χ4v) is 1.93. The second-order valence-electron chi connectivity index (χ2n) is 2.71. The average molecular weight is 158 g/mol. The zero-order valence-corrected chi connectivity index (χ0v) is 7.25. The van der Waals surface area contributed by atoms with Gasteiger partial charge in [-0.05, 0) is 37.7 Å². The molecule has 1 rings (SSSR count). The Morgan fingerprint density at radius 2 is 2.10 bits per heavy atom. The SMILES string of the molecule is C=C1CCC(SOC)CC1. The molecule has 0 aromatic rings. The number of hydrogen-bond acceptors (Lipinski definition) is 2. The molecule has 0 saturated heterocycles. The Hall–Kier alpha value is 0.0500. The van der Waals surface area contributed by atoms with Crippen molar-refractivity contribution in [2.24, 2.45) is 0 Å². The zero-order valence-electron chi connectivity index (χ0n) is 6.43. The van der Waals surface area contributed by atoms with Crippen molar-refractivity contribution in [3.05, 3.63) is 12.2 Å². The predicted molar refractivity (Wildman–Crippen MR) is 46.0 cm³/mol. The van der Waals surface area contributed by atoms with Gasteiger partial charge in [-0.15, -0.1) is 0 Å². The van der Waals surface area contributed by atoms with Crippen molar-refractivity contribution in [2.45, 2.75) is 30.9 Å². The summed E-state index contributed by atoms with van der Waals surface area (Å²) < 4.78 is 5.00. The van der Waals surface area contributed by atoms with Crippen LogP contribution in [-0.2, 0) is 4.18 Å². The van der Waals surface area contributed by atoms with Crippen LogP contribution in [0.2, 0.25) is 0 Å². The largest absolute Gasteiger partial charge is 0.318 e. The Balaban J connectivity index is 2.19. The lowest BCUT2D eigenvalue weighted by atomic mass is 9.96. The molecule has 0 N–H and O–H groups in total. The Labute approximate surface area is 67.0 Å². The fourth-order valence-electron chi connectivity index (χ4n) is 1.23. The minimum Gasteiger partial charge on any atom is -0.318 e. The van der Waals surface area contributed by atoms with Crippen LogP contribution in [0.1, 0.15) is 25.7 Å². The zero-order chi connectivity index (χ0) is 7.40. The first-order valence-corrected chi connectivity index (χ1v) is 4.49. The van der Waals surface area contributed by atoms with Crippen LogP contribution in [0.15, 0.2) is 12.2 Å². The minimum absolute atomic E-state index is 0.718. The van der Waals surface area contributed by atoms with E-state index >= 15 is 0 Å². The van der Waals surface area contributed by atoms with E-state index in [4.69, 9.17) is 4.18 Å². The first-order valence-electron chi connectivity index (χ1n) is 3.69. The summed E-state index contributed by atoms with van der Waals surface area (Å²) >= 11 is 1.61. The lowest BCUT2D eigenvalue weighted by molar-refractivity contribution is 0.472. The van der Waals surface area contributed by atoms with Crippen molar-refractivity contribution >= 4 is 12.0 Å². The predicted octanol–water partition coefficient (Wildman–Crippen LogP) is 2.78. The highest BCUT2D eigenvalue weighted by atomic mass is 32.2. The molecular weight excluding hydrogens is 144 g/mol. The van der Waals surface area contributed by atoms with E-state index in [2.05, 4.69) is 6.58 Å². The van der Waals surface area contributed by atoms with E-state index in [0.29, 0.717) is 0 Å². The molecule has 10 heavy (non-hydrogen) atoms. The second-order valence-corrected chi connectivity index (χ2v) is 3.90. The standard InChI is InChI=1S/C8H14OS/c1-7-3-5-8(6-4-7)10-9-2/h8H,1,3-6H2,2H3. The van der Waals surface area contributed by atoms with Crippen molar-refractivity contribution in [1.82, 2.24) is 0 Å². The molecule has 0 unspecified atom stereocenters. The third-order valence-electron chi connectivity index (χ3n) is 1.87. The maximum atomic E-state index is 5.00. The molecule has 0 bridgehead atoms. The van der Waals surface area contributed by atoms with Crippen LogP contribution in [0.3, 0.4) is 0 Å². The van der Waals surface area contributed by atoms with E-state index in [1.54, 1.807) is 19.2 Å². The summed E-state index contributed by atoms with van der Waals surface area (Å²) in [5, 5.41) is 0.718. The Morgan fingerprint density at radius 3 is 2.60 bits per heavy atom. The Kier molecular flexibility index (Phi) is 3.29. The maximum absolute atomic E-state index is 5.00. The summed E-state index contributed by atoms with van der Waals surface area (Å²) in [4.78, 5) is 0. The summed E-state index contributed by atoms with van der Waals surface area (Å²) in [6.07, 6.45) is 4.89. The molecule has 0 aromatic heterocycles. The van der Waals surface area contributed by atoms with Crippen LogP contribution in [0, 0.1) is 0 Å². The summed E-state index contributed by atoms with van der Waals surface area (Å²) in [6, 6.07) is 0. The highest BCUT2D eigenvalue weighted by molar-refractivity contribution is 7.95. The molecule has 0 spiro atoms. The molecule has 0 atom stereocenters. The summed E-state index contributed by atoms with van der Waals surface area (Å²) in [7, 11) is 1.74. The quantitative estimate of drug-likeness (QED) is 0.451. The van der Waals surface area contributed by atoms with Gasteiger partial charge in [-0.3, -0.25) is 0 Å². The molecule has 2 heteroatoms. The normalized spacial score (nSPS) is 21.5. The topological polar surface area (TPSA) is 9.23 Å². The number of hydrogen-bond donors (Lipinski definition) is 0. The van der Waals surface area contributed by atoms with E-state index in [1.807, 2.05) is 0 Å². The first kappa shape index (κ1) is 8.15. The molecule has 0 aliphatic heterocycles. The third kappa shape index (κ3) is 2.35. The monoisotopic (exact) mass is 158 g/mol. The smallest absolute Gasteiger partial charge is 0.0503 e. The van der Waals surface area contributed by atoms with Gasteiger partial charge in [-0.25, -0.2) is 0 Å². The van der Waals surface area contributed by atoms with Crippen molar-refractivity contribution in [3.8, 4) is 0 Å². The van der Waals surface area contributed by atoms with Gasteiger partial charge in [-0.1, -0.05) is 12.2 Å². The Morgan fingerprint density at radius 1 is 1.50 bits per heavy atom. The van der Waals surface area contributed by atoms with Gasteiger partial charge in [0.15, 0.2) is 0 Å². The van der Waals surface area contributed by atoms with E-state index < -0.39 is 0 Å². The lowest BCUT2D eigenvalue weighted by Gasteiger charge is -2.20. The molecule has 1 fully saturated rings. The van der Waals surface area contributed by atoms with E-state index in [9.17, 15) is 0 Å². The average Bonchev–Trinajstić information content (AvgIpc) is 1.95. The van der Waals surface area contributed by atoms with Crippen molar-refractivity contribution in [2.75, 3.05) is 7.11 Å². The number of rotatable bonds is 2. The van der Waals surface area contributed by atoms with Gasteiger partial charge < -0.3 is 4.18 Å². The fraction of sp³-hybridized carbons (Fsp3) is 0.750. The number of allylic oxidation sites excluding steroid dienone is 1. The molecule has 1 saturated carbocycles. The molecule has 58 valence electrons. The van der Waals surface area contributed by atoms with Crippen LogP contribution in [-0.4, -0.2) is 12.4 Å². The van der Waals surface area contributed by atoms with E-state index in [1.165, 1.54) is 31.3 Å². The summed E-state index contributed by atoms with van der Waals surface area (Å²) in [5.41, 5.74) is 1.41. The van der Waals surface area contributed by atoms with Crippen LogP contribution in [0.5, 0.6) is 0 Å². The second kappa shape index (κ2) is 4.04. The highest BCUT2D eigenvalue weighted by Gasteiger charge is 2.15. The van der Waals surface area contributed by atoms with Gasteiger partial charge in [0.25, 0.3) is 0 Å². The van der Waals surface area contributed by atoms with Gasteiger partial charge in [0.1, 0.15) is 0 Å². The molecule has 1 nitrogen and oxygen atoms in total. The van der Waals surface area contributed by atoms with Crippen molar-refractivity contribution in [1.29, 1.82) is 0 Å². The first-order chi connectivity index (χ1) is 4.83.